The van der Waals surface area contributed by atoms with E-state index in [9.17, 15) is 5.11 Å². The van der Waals surface area contributed by atoms with Gasteiger partial charge in [0.2, 0.25) is 0 Å². The fourth-order valence-electron chi connectivity index (χ4n) is 2.52. The van der Waals surface area contributed by atoms with Gasteiger partial charge in [-0.25, -0.2) is 0 Å². The number of methoxy groups -OCH3 is 1. The van der Waals surface area contributed by atoms with Crippen molar-refractivity contribution in [2.75, 3.05) is 33.9 Å². The highest BCUT2D eigenvalue weighted by Gasteiger charge is 2.31. The molecule has 0 aliphatic carbocycles. The van der Waals surface area contributed by atoms with E-state index in [1.54, 1.807) is 7.11 Å². The first-order chi connectivity index (χ1) is 7.74. The molecule has 3 nitrogen and oxygen atoms in total. The quantitative estimate of drug-likeness (QED) is 0.836. The van der Waals surface area contributed by atoms with E-state index in [1.165, 1.54) is 5.56 Å². The first kappa shape index (κ1) is 11.4. The van der Waals surface area contributed by atoms with Crippen LogP contribution in [0.5, 0.6) is 5.75 Å². The number of ether oxygens (including phenoxy) is 1. The minimum absolute atomic E-state index is 0.256. The number of likely N-dealkylation sites (N-methyl/N-ethyl adjacent to an activating group) is 1. The summed E-state index contributed by atoms with van der Waals surface area (Å²) in [5.41, 5.74) is 1.27. The van der Waals surface area contributed by atoms with Gasteiger partial charge in [0.15, 0.2) is 0 Å². The van der Waals surface area contributed by atoms with Crippen LogP contribution < -0.4 is 4.74 Å². The lowest BCUT2D eigenvalue weighted by molar-refractivity contribution is 0.219. The van der Waals surface area contributed by atoms with E-state index in [4.69, 9.17) is 4.74 Å². The molecule has 0 radical (unpaired) electrons. The number of likely N-dealkylation sites (tertiary alicyclic amines) is 1. The third-order valence-corrected chi connectivity index (χ3v) is 3.38. The molecule has 3 heteroatoms. The van der Waals surface area contributed by atoms with Gasteiger partial charge in [-0.15, -0.1) is 0 Å². The molecule has 0 saturated carbocycles. The predicted molar refractivity (Wildman–Crippen MR) is 63.8 cm³/mol. The summed E-state index contributed by atoms with van der Waals surface area (Å²) in [7, 11) is 3.78. The fraction of sp³-hybridized carbons (Fsp3) is 0.538. The van der Waals surface area contributed by atoms with Gasteiger partial charge < -0.3 is 14.7 Å². The van der Waals surface area contributed by atoms with Crippen LogP contribution in [0.2, 0.25) is 0 Å². The van der Waals surface area contributed by atoms with Crippen LogP contribution in [0, 0.1) is 5.92 Å². The van der Waals surface area contributed by atoms with Gasteiger partial charge in [0, 0.05) is 31.5 Å². The molecule has 1 aromatic carbocycles. The fourth-order valence-corrected chi connectivity index (χ4v) is 2.52. The Balaban J connectivity index is 2.22. The summed E-state index contributed by atoms with van der Waals surface area (Å²) in [5.74, 6) is 1.66. The molecule has 0 amide bonds. The number of rotatable bonds is 3. The number of aliphatic hydroxyl groups excluding tert-OH is 1. The number of hydrogen-bond acceptors (Lipinski definition) is 3. The zero-order valence-electron chi connectivity index (χ0n) is 9.89. The Labute approximate surface area is 96.6 Å². The van der Waals surface area contributed by atoms with Crippen molar-refractivity contribution in [2.24, 2.45) is 5.92 Å². The Morgan fingerprint density at radius 1 is 1.44 bits per heavy atom. The summed E-state index contributed by atoms with van der Waals surface area (Å²) < 4.78 is 5.23. The monoisotopic (exact) mass is 221 g/mol. The van der Waals surface area contributed by atoms with Crippen molar-refractivity contribution in [1.82, 2.24) is 4.90 Å². The largest absolute Gasteiger partial charge is 0.497 e. The number of nitrogens with zero attached hydrogens (tertiary/aromatic N) is 1. The summed E-state index contributed by atoms with van der Waals surface area (Å²) in [6.45, 7) is 2.24. The first-order valence-electron chi connectivity index (χ1n) is 5.68. The van der Waals surface area contributed by atoms with E-state index in [-0.39, 0.29) is 6.61 Å². The Morgan fingerprint density at radius 3 is 2.94 bits per heavy atom. The van der Waals surface area contributed by atoms with Crippen molar-refractivity contribution in [3.05, 3.63) is 29.8 Å². The molecular formula is C13H19NO2. The van der Waals surface area contributed by atoms with Crippen LogP contribution >= 0.6 is 0 Å². The van der Waals surface area contributed by atoms with Crippen LogP contribution in [-0.2, 0) is 0 Å². The van der Waals surface area contributed by atoms with Crippen LogP contribution in [0.15, 0.2) is 24.3 Å². The summed E-state index contributed by atoms with van der Waals surface area (Å²) in [5, 5.41) is 9.38. The average molecular weight is 221 g/mol. The molecule has 1 aliphatic rings. The summed E-state index contributed by atoms with van der Waals surface area (Å²) >= 11 is 0. The molecule has 1 aromatic rings. The summed E-state index contributed by atoms with van der Waals surface area (Å²) in [4.78, 5) is 2.27. The van der Waals surface area contributed by atoms with Crippen molar-refractivity contribution in [3.63, 3.8) is 0 Å². The van der Waals surface area contributed by atoms with E-state index in [1.807, 2.05) is 12.1 Å². The molecule has 1 fully saturated rings. The van der Waals surface area contributed by atoms with Crippen molar-refractivity contribution in [3.8, 4) is 5.75 Å². The Kier molecular flexibility index (Phi) is 3.46. The second-order valence-electron chi connectivity index (χ2n) is 4.55. The van der Waals surface area contributed by atoms with Gasteiger partial charge in [0.25, 0.3) is 0 Å². The summed E-state index contributed by atoms with van der Waals surface area (Å²) in [6.07, 6.45) is 0. The van der Waals surface area contributed by atoms with Crippen LogP contribution in [0.25, 0.3) is 0 Å². The van der Waals surface area contributed by atoms with E-state index in [0.717, 1.165) is 18.8 Å². The van der Waals surface area contributed by atoms with Crippen molar-refractivity contribution in [2.45, 2.75) is 5.92 Å². The van der Waals surface area contributed by atoms with Crippen LogP contribution in [0.3, 0.4) is 0 Å². The first-order valence-corrected chi connectivity index (χ1v) is 5.68. The maximum absolute atomic E-state index is 9.38. The molecule has 0 bridgehead atoms. The highest BCUT2D eigenvalue weighted by atomic mass is 16.5. The minimum Gasteiger partial charge on any atom is -0.497 e. The lowest BCUT2D eigenvalue weighted by atomic mass is 9.89. The van der Waals surface area contributed by atoms with Gasteiger partial charge in [-0.1, -0.05) is 12.1 Å². The molecular weight excluding hydrogens is 202 g/mol. The molecule has 0 aromatic heterocycles. The normalized spacial score (nSPS) is 25.9. The third-order valence-electron chi connectivity index (χ3n) is 3.38. The molecule has 1 saturated heterocycles. The van der Waals surface area contributed by atoms with Gasteiger partial charge in [0.1, 0.15) is 5.75 Å². The van der Waals surface area contributed by atoms with Crippen LogP contribution in [0.4, 0.5) is 0 Å². The average Bonchev–Trinajstić information content (AvgIpc) is 2.70. The molecule has 1 N–H and O–H groups in total. The standard InChI is InChI=1S/C13H19NO2/c1-14-7-11(9-15)13(8-14)10-4-3-5-12(6-10)16-2/h3-6,11,13,15H,7-9H2,1-2H3/t11-,13-/m1/s1. The third kappa shape index (κ3) is 2.20. The maximum Gasteiger partial charge on any atom is 0.119 e. The SMILES string of the molecule is COc1cccc([C@H]2CN(C)C[C@@H]2CO)c1. The molecule has 1 heterocycles. The summed E-state index contributed by atoms with van der Waals surface area (Å²) in [6, 6.07) is 8.17. The van der Waals surface area contributed by atoms with Gasteiger partial charge >= 0.3 is 0 Å². The maximum atomic E-state index is 9.38. The van der Waals surface area contributed by atoms with E-state index in [0.29, 0.717) is 11.8 Å². The second kappa shape index (κ2) is 4.85. The van der Waals surface area contributed by atoms with E-state index < -0.39 is 0 Å². The lowest BCUT2D eigenvalue weighted by Gasteiger charge is -2.17. The Hall–Kier alpha value is -1.06. The Bertz CT molecular complexity index is 354. The lowest BCUT2D eigenvalue weighted by Crippen LogP contribution is -2.15. The molecule has 0 unspecified atom stereocenters. The zero-order valence-corrected chi connectivity index (χ0v) is 9.89. The highest BCUT2D eigenvalue weighted by Crippen LogP contribution is 2.32. The number of aliphatic hydroxyl groups is 1. The molecule has 2 rings (SSSR count). The predicted octanol–water partition coefficient (Wildman–Crippen LogP) is 1.33. The Morgan fingerprint density at radius 2 is 2.25 bits per heavy atom. The zero-order chi connectivity index (χ0) is 11.5. The van der Waals surface area contributed by atoms with E-state index in [2.05, 4.69) is 24.1 Å². The number of benzene rings is 1. The van der Waals surface area contributed by atoms with Crippen molar-refractivity contribution >= 4 is 0 Å². The topological polar surface area (TPSA) is 32.7 Å². The molecule has 2 atom stereocenters. The van der Waals surface area contributed by atoms with Gasteiger partial charge in [-0.2, -0.15) is 0 Å². The second-order valence-corrected chi connectivity index (χ2v) is 4.55. The minimum atomic E-state index is 0.256. The molecule has 0 spiro atoms. The van der Waals surface area contributed by atoms with E-state index >= 15 is 0 Å². The van der Waals surface area contributed by atoms with Crippen LogP contribution in [0.1, 0.15) is 11.5 Å². The van der Waals surface area contributed by atoms with Gasteiger partial charge in [0.05, 0.1) is 7.11 Å². The molecule has 1 aliphatic heterocycles. The van der Waals surface area contributed by atoms with Gasteiger partial charge in [-0.05, 0) is 24.7 Å². The molecule has 88 valence electrons. The smallest absolute Gasteiger partial charge is 0.119 e. The van der Waals surface area contributed by atoms with Crippen molar-refractivity contribution < 1.29 is 9.84 Å². The number of hydrogen-bond donors (Lipinski definition) is 1. The van der Waals surface area contributed by atoms with Gasteiger partial charge in [-0.3, -0.25) is 0 Å². The highest BCUT2D eigenvalue weighted by molar-refractivity contribution is 5.32. The van der Waals surface area contributed by atoms with Crippen LogP contribution in [-0.4, -0.2) is 43.9 Å². The van der Waals surface area contributed by atoms with Crippen molar-refractivity contribution in [1.29, 1.82) is 0 Å². The molecule has 16 heavy (non-hydrogen) atoms.